The first-order valence-electron chi connectivity index (χ1n) is 4.78. The number of rotatable bonds is 0. The third-order valence-electron chi connectivity index (χ3n) is 2.63. The summed E-state index contributed by atoms with van der Waals surface area (Å²) in [6.07, 6.45) is 4.52. The van der Waals surface area contributed by atoms with Crippen LogP contribution in [0.2, 0.25) is 0 Å². The Morgan fingerprint density at radius 1 is 0.812 bits per heavy atom. The summed E-state index contributed by atoms with van der Waals surface area (Å²) < 4.78 is 10.7. The number of pyridine rings is 1. The fourth-order valence-corrected chi connectivity index (χ4v) is 1.96. The zero-order valence-corrected chi connectivity index (χ0v) is 8.04. The lowest BCUT2D eigenvalue weighted by Crippen LogP contribution is -1.81. The fourth-order valence-electron chi connectivity index (χ4n) is 1.96. The van der Waals surface area contributed by atoms with Gasteiger partial charge in [-0.25, -0.2) is 9.97 Å². The van der Waals surface area contributed by atoms with Crippen molar-refractivity contribution in [2.75, 3.05) is 0 Å². The topological polar surface area (TPSA) is 65.0 Å². The third kappa shape index (κ3) is 0.785. The van der Waals surface area contributed by atoms with Gasteiger partial charge in [0.15, 0.2) is 29.5 Å². The molecule has 16 heavy (non-hydrogen) atoms. The molecule has 0 saturated carbocycles. The molecule has 1 aromatic carbocycles. The average molecular weight is 211 g/mol. The van der Waals surface area contributed by atoms with Crippen LogP contribution >= 0.6 is 0 Å². The SMILES string of the molecule is c1cnc2c(c1)c1ncoc1c1ncoc21. The molecular formula is C11H5N3O2. The molecule has 0 bridgehead atoms. The fraction of sp³-hybridized carbons (Fsp3) is 0. The second-order valence-electron chi connectivity index (χ2n) is 3.46. The van der Waals surface area contributed by atoms with Gasteiger partial charge in [-0.2, -0.15) is 0 Å². The van der Waals surface area contributed by atoms with Gasteiger partial charge in [0, 0.05) is 11.6 Å². The monoisotopic (exact) mass is 211 g/mol. The number of aromatic nitrogens is 3. The van der Waals surface area contributed by atoms with E-state index in [-0.39, 0.29) is 0 Å². The van der Waals surface area contributed by atoms with E-state index in [0.29, 0.717) is 16.7 Å². The minimum atomic E-state index is 0.639. The summed E-state index contributed by atoms with van der Waals surface area (Å²) in [6.45, 7) is 0. The highest BCUT2D eigenvalue weighted by atomic mass is 16.3. The molecule has 5 heteroatoms. The highest BCUT2D eigenvalue weighted by Crippen LogP contribution is 2.31. The van der Waals surface area contributed by atoms with E-state index in [1.54, 1.807) is 6.20 Å². The molecule has 76 valence electrons. The van der Waals surface area contributed by atoms with Gasteiger partial charge in [0.05, 0.1) is 0 Å². The van der Waals surface area contributed by atoms with Crippen LogP contribution in [-0.2, 0) is 0 Å². The number of hydrogen-bond acceptors (Lipinski definition) is 5. The minimum absolute atomic E-state index is 0.639. The Balaban J connectivity index is 2.51. The summed E-state index contributed by atoms with van der Waals surface area (Å²) in [5.74, 6) is 0. The Labute approximate surface area is 88.7 Å². The maximum Gasteiger partial charge on any atom is 0.184 e. The van der Waals surface area contributed by atoms with Crippen molar-refractivity contribution in [1.82, 2.24) is 15.0 Å². The van der Waals surface area contributed by atoms with Gasteiger partial charge in [-0.3, -0.25) is 4.98 Å². The van der Waals surface area contributed by atoms with Crippen LogP contribution < -0.4 is 0 Å². The van der Waals surface area contributed by atoms with Gasteiger partial charge in [0.1, 0.15) is 11.0 Å². The Hall–Kier alpha value is -2.43. The predicted octanol–water partition coefficient (Wildman–Crippen LogP) is 2.52. The molecule has 0 atom stereocenters. The summed E-state index contributed by atoms with van der Waals surface area (Å²) in [7, 11) is 0. The first kappa shape index (κ1) is 7.81. The summed E-state index contributed by atoms with van der Waals surface area (Å²) in [5, 5.41) is 0.913. The summed E-state index contributed by atoms with van der Waals surface area (Å²) in [6, 6.07) is 3.80. The summed E-state index contributed by atoms with van der Waals surface area (Å²) in [5.41, 5.74) is 3.48. The van der Waals surface area contributed by atoms with E-state index >= 15 is 0 Å². The van der Waals surface area contributed by atoms with Gasteiger partial charge in [-0.1, -0.05) is 0 Å². The van der Waals surface area contributed by atoms with Crippen molar-refractivity contribution < 1.29 is 8.83 Å². The molecule has 5 nitrogen and oxygen atoms in total. The number of fused-ring (bicyclic) bond motifs is 6. The van der Waals surface area contributed by atoms with Gasteiger partial charge < -0.3 is 8.83 Å². The zero-order valence-electron chi connectivity index (χ0n) is 8.04. The van der Waals surface area contributed by atoms with Crippen LogP contribution in [0.3, 0.4) is 0 Å². The second kappa shape index (κ2) is 2.57. The Morgan fingerprint density at radius 2 is 1.50 bits per heavy atom. The molecule has 0 amide bonds. The molecule has 3 heterocycles. The standard InChI is InChI=1S/C11H5N3O2/c1-2-6-7(12-3-1)10-9(14-5-16-10)11-8(6)13-4-15-11/h1-5H. The lowest BCUT2D eigenvalue weighted by molar-refractivity contribution is 0.602. The molecule has 0 aliphatic rings. The highest BCUT2D eigenvalue weighted by Gasteiger charge is 2.15. The molecular weight excluding hydrogens is 206 g/mol. The van der Waals surface area contributed by atoms with E-state index in [0.717, 1.165) is 16.4 Å². The van der Waals surface area contributed by atoms with E-state index in [1.165, 1.54) is 12.8 Å². The molecule has 0 N–H and O–H groups in total. The van der Waals surface area contributed by atoms with Gasteiger partial charge in [-0.15, -0.1) is 0 Å². The van der Waals surface area contributed by atoms with Crippen molar-refractivity contribution in [3.8, 4) is 0 Å². The smallest absolute Gasteiger partial charge is 0.184 e. The molecule has 0 unspecified atom stereocenters. The first-order chi connectivity index (χ1) is 7.95. The van der Waals surface area contributed by atoms with E-state index < -0.39 is 0 Å². The van der Waals surface area contributed by atoms with Crippen LogP contribution in [0.5, 0.6) is 0 Å². The molecule has 0 fully saturated rings. The second-order valence-corrected chi connectivity index (χ2v) is 3.46. The third-order valence-corrected chi connectivity index (χ3v) is 2.63. The van der Waals surface area contributed by atoms with Crippen LogP contribution in [0.1, 0.15) is 0 Å². The van der Waals surface area contributed by atoms with Crippen molar-refractivity contribution >= 4 is 33.1 Å². The van der Waals surface area contributed by atoms with Crippen LogP contribution in [0.4, 0.5) is 0 Å². The van der Waals surface area contributed by atoms with Crippen molar-refractivity contribution in [2.45, 2.75) is 0 Å². The normalized spacial score (nSPS) is 11.8. The number of hydrogen-bond donors (Lipinski definition) is 0. The minimum Gasteiger partial charge on any atom is -0.441 e. The van der Waals surface area contributed by atoms with Gasteiger partial charge in [0.25, 0.3) is 0 Å². The molecule has 0 aliphatic heterocycles. The molecule has 4 rings (SSSR count). The quantitative estimate of drug-likeness (QED) is 0.447. The zero-order chi connectivity index (χ0) is 10.5. The van der Waals surface area contributed by atoms with E-state index in [1.807, 2.05) is 12.1 Å². The molecule has 0 saturated heterocycles. The van der Waals surface area contributed by atoms with Crippen molar-refractivity contribution in [3.05, 3.63) is 31.1 Å². The summed E-state index contributed by atoms with van der Waals surface area (Å²) in [4.78, 5) is 12.6. The van der Waals surface area contributed by atoms with Crippen LogP contribution in [0.25, 0.3) is 33.1 Å². The number of benzene rings is 1. The predicted molar refractivity (Wildman–Crippen MR) is 56.9 cm³/mol. The van der Waals surface area contributed by atoms with E-state index in [2.05, 4.69) is 15.0 Å². The maximum atomic E-state index is 5.35. The summed E-state index contributed by atoms with van der Waals surface area (Å²) >= 11 is 0. The number of nitrogens with zero attached hydrogens (tertiary/aromatic N) is 3. The molecule has 4 aromatic rings. The van der Waals surface area contributed by atoms with Crippen LogP contribution in [0.15, 0.2) is 40.0 Å². The van der Waals surface area contributed by atoms with Crippen molar-refractivity contribution in [1.29, 1.82) is 0 Å². The molecule has 3 aromatic heterocycles. The lowest BCUT2D eigenvalue weighted by Gasteiger charge is -1.97. The molecule has 0 radical (unpaired) electrons. The van der Waals surface area contributed by atoms with Gasteiger partial charge in [0.2, 0.25) is 0 Å². The van der Waals surface area contributed by atoms with E-state index in [4.69, 9.17) is 8.83 Å². The van der Waals surface area contributed by atoms with E-state index in [9.17, 15) is 0 Å². The van der Waals surface area contributed by atoms with Crippen molar-refractivity contribution in [2.24, 2.45) is 0 Å². The largest absolute Gasteiger partial charge is 0.441 e. The van der Waals surface area contributed by atoms with Crippen molar-refractivity contribution in [3.63, 3.8) is 0 Å². The lowest BCUT2D eigenvalue weighted by atomic mass is 10.1. The van der Waals surface area contributed by atoms with Crippen LogP contribution in [0, 0.1) is 0 Å². The Kier molecular flexibility index (Phi) is 1.26. The highest BCUT2D eigenvalue weighted by molar-refractivity contribution is 6.17. The Morgan fingerprint density at radius 3 is 2.31 bits per heavy atom. The van der Waals surface area contributed by atoms with Gasteiger partial charge >= 0.3 is 0 Å². The number of oxazole rings is 2. The average Bonchev–Trinajstić information content (AvgIpc) is 2.98. The molecule has 0 aliphatic carbocycles. The maximum absolute atomic E-state index is 5.35. The van der Waals surface area contributed by atoms with Gasteiger partial charge in [-0.05, 0) is 12.1 Å². The Bertz CT molecular complexity index is 747. The van der Waals surface area contributed by atoms with Crippen LogP contribution in [-0.4, -0.2) is 15.0 Å². The molecule has 0 spiro atoms. The first-order valence-corrected chi connectivity index (χ1v) is 4.78.